The molecular weight excluding hydrogens is 324 g/mol. The topological polar surface area (TPSA) is 59.7 Å². The van der Waals surface area contributed by atoms with Gasteiger partial charge in [-0.25, -0.2) is 14.6 Å². The molecule has 0 radical (unpaired) electrons. The van der Waals surface area contributed by atoms with E-state index in [1.165, 1.54) is 16.8 Å². The van der Waals surface area contributed by atoms with Gasteiger partial charge in [-0.2, -0.15) is 0 Å². The molecule has 1 atom stereocenters. The van der Waals surface area contributed by atoms with Crippen LogP contribution in [0.5, 0.6) is 0 Å². The van der Waals surface area contributed by atoms with Gasteiger partial charge in [-0.1, -0.05) is 53.7 Å². The maximum absolute atomic E-state index is 4.56. The van der Waals surface area contributed by atoms with E-state index in [1.54, 1.807) is 6.33 Å². The summed E-state index contributed by atoms with van der Waals surface area (Å²) in [5.74, 6) is 0.826. The second-order valence-electron chi connectivity index (χ2n) is 6.65. The Bertz CT molecular complexity index is 1070. The molecule has 4 aromatic rings. The number of fused-ring (bicyclic) bond motifs is 2. The number of benzene rings is 2. The van der Waals surface area contributed by atoms with E-state index in [0.29, 0.717) is 12.6 Å². The van der Waals surface area contributed by atoms with Crippen LogP contribution in [0.3, 0.4) is 0 Å². The molecule has 1 aliphatic rings. The van der Waals surface area contributed by atoms with Crippen molar-refractivity contribution in [3.8, 4) is 0 Å². The van der Waals surface area contributed by atoms with E-state index in [2.05, 4.69) is 68.5 Å². The number of aromatic nitrogens is 5. The Hall–Kier alpha value is -3.28. The van der Waals surface area contributed by atoms with E-state index in [0.717, 1.165) is 23.4 Å². The first-order chi connectivity index (χ1) is 12.8. The number of hydrogen-bond donors (Lipinski definition) is 0. The normalized spacial score (nSPS) is 16.2. The summed E-state index contributed by atoms with van der Waals surface area (Å²) in [7, 11) is 0. The molecule has 0 bridgehead atoms. The second kappa shape index (κ2) is 5.91. The van der Waals surface area contributed by atoms with Gasteiger partial charge in [0.1, 0.15) is 6.33 Å². The number of hydrogen-bond acceptors (Lipinski definition) is 5. The summed E-state index contributed by atoms with van der Waals surface area (Å²) in [6, 6.07) is 19.0. The first-order valence-electron chi connectivity index (χ1n) is 8.76. The lowest BCUT2D eigenvalue weighted by atomic mass is 10.1. The van der Waals surface area contributed by atoms with E-state index in [4.69, 9.17) is 0 Å². The van der Waals surface area contributed by atoms with Crippen LogP contribution >= 0.6 is 0 Å². The van der Waals surface area contributed by atoms with Crippen LogP contribution in [0.15, 0.2) is 60.9 Å². The summed E-state index contributed by atoms with van der Waals surface area (Å²) in [5, 5.41) is 8.75. The van der Waals surface area contributed by atoms with Gasteiger partial charge in [0.05, 0.1) is 6.54 Å². The minimum Gasteiger partial charge on any atom is -0.321 e. The molecule has 0 fully saturated rings. The molecule has 0 amide bonds. The maximum atomic E-state index is 4.56. The Labute approximate surface area is 151 Å². The van der Waals surface area contributed by atoms with Gasteiger partial charge < -0.3 is 4.90 Å². The predicted octanol–water partition coefficient (Wildman–Crippen LogP) is 3.35. The van der Waals surface area contributed by atoms with Crippen molar-refractivity contribution in [3.63, 3.8) is 0 Å². The van der Waals surface area contributed by atoms with E-state index in [-0.39, 0.29) is 0 Å². The molecule has 2 aromatic carbocycles. The van der Waals surface area contributed by atoms with Crippen LogP contribution in [-0.2, 0) is 13.0 Å². The van der Waals surface area contributed by atoms with Gasteiger partial charge in [0.25, 0.3) is 0 Å². The van der Waals surface area contributed by atoms with E-state index < -0.39 is 0 Å². The standard InChI is InChI=1S/C20H18N6/c1-14-11-16-9-5-6-10-17(16)26(14)20-18-19(21-13-22-20)25(24-23-18)12-15-7-3-2-4-8-15/h2-10,13-14H,11-12H2,1H3/t14-/m1/s1. The van der Waals surface area contributed by atoms with Crippen LogP contribution in [0.2, 0.25) is 0 Å². The zero-order chi connectivity index (χ0) is 17.5. The SMILES string of the molecule is C[C@@H]1Cc2ccccc2N1c1ncnc2c1nnn2Cc1ccccc1. The third-order valence-electron chi connectivity index (χ3n) is 4.89. The molecule has 2 aromatic heterocycles. The molecule has 26 heavy (non-hydrogen) atoms. The van der Waals surface area contributed by atoms with Crippen LogP contribution in [-0.4, -0.2) is 31.0 Å². The van der Waals surface area contributed by atoms with Gasteiger partial charge in [-0.05, 0) is 30.5 Å². The Morgan fingerprint density at radius 2 is 1.81 bits per heavy atom. The maximum Gasteiger partial charge on any atom is 0.184 e. The quantitative estimate of drug-likeness (QED) is 0.571. The van der Waals surface area contributed by atoms with Crippen molar-refractivity contribution in [2.45, 2.75) is 25.9 Å². The van der Waals surface area contributed by atoms with Gasteiger partial charge in [0.15, 0.2) is 17.0 Å². The van der Waals surface area contributed by atoms with Gasteiger partial charge in [0.2, 0.25) is 0 Å². The molecule has 0 unspecified atom stereocenters. The van der Waals surface area contributed by atoms with Gasteiger partial charge in [-0.3, -0.25) is 0 Å². The summed E-state index contributed by atoms with van der Waals surface area (Å²) in [5.41, 5.74) is 5.20. The van der Waals surface area contributed by atoms with Crippen molar-refractivity contribution in [2.24, 2.45) is 0 Å². The molecule has 6 nitrogen and oxygen atoms in total. The van der Waals surface area contributed by atoms with E-state index in [9.17, 15) is 0 Å². The van der Waals surface area contributed by atoms with Gasteiger partial charge >= 0.3 is 0 Å². The highest BCUT2D eigenvalue weighted by Crippen LogP contribution is 2.38. The lowest BCUT2D eigenvalue weighted by Crippen LogP contribution is -2.25. The molecule has 0 spiro atoms. The van der Waals surface area contributed by atoms with Crippen molar-refractivity contribution < 1.29 is 0 Å². The largest absolute Gasteiger partial charge is 0.321 e. The lowest BCUT2D eigenvalue weighted by molar-refractivity contribution is 0.664. The second-order valence-corrected chi connectivity index (χ2v) is 6.65. The van der Waals surface area contributed by atoms with Crippen LogP contribution in [0.1, 0.15) is 18.1 Å². The first kappa shape index (κ1) is 15.0. The molecule has 0 aliphatic carbocycles. The fourth-order valence-electron chi connectivity index (χ4n) is 3.71. The number of rotatable bonds is 3. The van der Waals surface area contributed by atoms with E-state index >= 15 is 0 Å². The van der Waals surface area contributed by atoms with Crippen molar-refractivity contribution in [1.29, 1.82) is 0 Å². The minimum atomic E-state index is 0.324. The highest BCUT2D eigenvalue weighted by Gasteiger charge is 2.30. The number of para-hydroxylation sites is 1. The molecule has 0 N–H and O–H groups in total. The fourth-order valence-corrected chi connectivity index (χ4v) is 3.71. The predicted molar refractivity (Wildman–Crippen MR) is 100 cm³/mol. The van der Waals surface area contributed by atoms with Crippen molar-refractivity contribution in [3.05, 3.63) is 72.1 Å². The zero-order valence-electron chi connectivity index (χ0n) is 14.4. The summed E-state index contributed by atoms with van der Waals surface area (Å²) >= 11 is 0. The summed E-state index contributed by atoms with van der Waals surface area (Å²) in [6.07, 6.45) is 2.61. The molecule has 6 heteroatoms. The van der Waals surface area contributed by atoms with Crippen LogP contribution in [0.25, 0.3) is 11.2 Å². The molecule has 0 saturated carbocycles. The third-order valence-corrected chi connectivity index (χ3v) is 4.89. The van der Waals surface area contributed by atoms with Crippen LogP contribution < -0.4 is 4.90 Å². The zero-order valence-corrected chi connectivity index (χ0v) is 14.4. The Morgan fingerprint density at radius 3 is 2.69 bits per heavy atom. The van der Waals surface area contributed by atoms with Crippen LogP contribution in [0, 0.1) is 0 Å². The highest BCUT2D eigenvalue weighted by atomic mass is 15.4. The van der Waals surface area contributed by atoms with E-state index in [1.807, 2.05) is 22.9 Å². The fraction of sp³-hybridized carbons (Fsp3) is 0.200. The van der Waals surface area contributed by atoms with Crippen molar-refractivity contribution in [2.75, 3.05) is 4.90 Å². The first-order valence-corrected chi connectivity index (χ1v) is 8.76. The van der Waals surface area contributed by atoms with Crippen molar-refractivity contribution in [1.82, 2.24) is 25.0 Å². The van der Waals surface area contributed by atoms with Gasteiger partial charge in [0, 0.05) is 11.7 Å². The molecule has 0 saturated heterocycles. The highest BCUT2D eigenvalue weighted by molar-refractivity contribution is 5.87. The summed E-state index contributed by atoms with van der Waals surface area (Å²) in [4.78, 5) is 11.3. The Kier molecular flexibility index (Phi) is 3.41. The van der Waals surface area contributed by atoms with Crippen LogP contribution in [0.4, 0.5) is 11.5 Å². The average Bonchev–Trinajstić information content (AvgIpc) is 3.23. The van der Waals surface area contributed by atoms with Gasteiger partial charge in [-0.15, -0.1) is 5.10 Å². The molecule has 3 heterocycles. The Balaban J connectivity index is 1.60. The number of anilines is 2. The third kappa shape index (κ3) is 2.34. The van der Waals surface area contributed by atoms with Crippen molar-refractivity contribution >= 4 is 22.7 Å². The number of nitrogens with zero attached hydrogens (tertiary/aromatic N) is 6. The lowest BCUT2D eigenvalue weighted by Gasteiger charge is -2.23. The summed E-state index contributed by atoms with van der Waals surface area (Å²) < 4.78 is 1.84. The molecule has 128 valence electrons. The minimum absolute atomic E-state index is 0.324. The molecule has 5 rings (SSSR count). The Morgan fingerprint density at radius 1 is 1.00 bits per heavy atom. The molecular formula is C20H18N6. The summed E-state index contributed by atoms with van der Waals surface area (Å²) in [6.45, 7) is 2.85. The monoisotopic (exact) mass is 342 g/mol. The molecule has 1 aliphatic heterocycles. The average molecular weight is 342 g/mol. The smallest absolute Gasteiger partial charge is 0.184 e.